The lowest BCUT2D eigenvalue weighted by Crippen LogP contribution is -2.27. The molecule has 0 saturated heterocycles. The third kappa shape index (κ3) is 2.28. The van der Waals surface area contributed by atoms with Crippen LogP contribution in [0.3, 0.4) is 0 Å². The molecule has 0 saturated carbocycles. The minimum absolute atomic E-state index is 0.271. The number of nitrogens with zero attached hydrogens (tertiary/aromatic N) is 6. The quantitative estimate of drug-likeness (QED) is 0.385. The van der Waals surface area contributed by atoms with Gasteiger partial charge in [0.25, 0.3) is 0 Å². The molecule has 14 heteroatoms. The molecule has 2 N–H and O–H groups in total. The Morgan fingerprint density at radius 2 is 1.12 bits per heavy atom. The van der Waals surface area contributed by atoms with E-state index in [9.17, 15) is 19.2 Å². The fourth-order valence-corrected chi connectivity index (χ4v) is 3.31. The molecule has 0 fully saturated rings. The monoisotopic (exact) mass is 366 g/mol. The van der Waals surface area contributed by atoms with Crippen LogP contribution in [0.4, 0.5) is 0 Å². The van der Waals surface area contributed by atoms with E-state index in [2.05, 4.69) is 30.6 Å². The van der Waals surface area contributed by atoms with Gasteiger partial charge in [-0.25, -0.2) is 9.03 Å². The molecule has 4 heterocycles. The van der Waals surface area contributed by atoms with Crippen molar-refractivity contribution in [2.45, 2.75) is 12.8 Å². The number of nitrogens with one attached hydrogen (secondary N) is 2. The molecular weight excluding hydrogens is 360 g/mol. The van der Waals surface area contributed by atoms with Gasteiger partial charge >= 0.3 is 20.6 Å². The van der Waals surface area contributed by atoms with Crippen molar-refractivity contribution >= 4 is 32.6 Å². The first-order valence-electron chi connectivity index (χ1n) is 6.48. The molecule has 0 unspecified atom stereocenters. The van der Waals surface area contributed by atoms with Gasteiger partial charge in [-0.2, -0.15) is 0 Å². The van der Waals surface area contributed by atoms with E-state index < -0.39 is 20.6 Å². The number of fused-ring (bicyclic) bond motifs is 2. The first kappa shape index (κ1) is 14.6. The molecule has 0 spiro atoms. The molecule has 24 heavy (non-hydrogen) atoms. The molecule has 0 bridgehead atoms. The second kappa shape index (κ2) is 5.27. The summed E-state index contributed by atoms with van der Waals surface area (Å²) < 4.78 is 1.35. The summed E-state index contributed by atoms with van der Waals surface area (Å²) in [5.74, 6) is 0.836. The zero-order valence-corrected chi connectivity index (χ0v) is 13.2. The molecule has 0 amide bonds. The zero-order valence-electron chi connectivity index (χ0n) is 11.5. The maximum absolute atomic E-state index is 11.4. The Morgan fingerprint density at radius 3 is 1.54 bits per heavy atom. The van der Waals surface area contributed by atoms with E-state index in [4.69, 9.17) is 0 Å². The largest absolute Gasteiger partial charge is 0.321 e. The van der Waals surface area contributed by atoms with Crippen LogP contribution < -0.4 is 20.6 Å². The topological polar surface area (TPSA) is 160 Å². The van der Waals surface area contributed by atoms with Gasteiger partial charge in [0.2, 0.25) is 9.92 Å². The van der Waals surface area contributed by atoms with Crippen molar-refractivity contribution in [1.29, 1.82) is 0 Å². The van der Waals surface area contributed by atoms with Crippen molar-refractivity contribution in [3.05, 3.63) is 51.4 Å². The molecule has 12 nitrogen and oxygen atoms in total. The Kier molecular flexibility index (Phi) is 3.20. The Balaban J connectivity index is 1.71. The molecule has 0 aliphatic heterocycles. The third-order valence-electron chi connectivity index (χ3n) is 3.14. The predicted octanol–water partition coefficient (Wildman–Crippen LogP) is -2.22. The third-order valence-corrected chi connectivity index (χ3v) is 4.77. The summed E-state index contributed by atoms with van der Waals surface area (Å²) in [5.41, 5.74) is -1.51. The molecule has 0 radical (unpaired) electrons. The number of H-pyrrole nitrogens is 2. The van der Waals surface area contributed by atoms with E-state index in [1.165, 1.54) is 9.03 Å². The van der Waals surface area contributed by atoms with Gasteiger partial charge in [-0.1, -0.05) is 0 Å². The van der Waals surface area contributed by atoms with Crippen LogP contribution in [0.2, 0.25) is 0 Å². The summed E-state index contributed by atoms with van der Waals surface area (Å²) in [4.78, 5) is 46.0. The van der Waals surface area contributed by atoms with Crippen LogP contribution >= 0.6 is 22.7 Å². The maximum Gasteiger partial charge on any atom is 0.321 e. The van der Waals surface area contributed by atoms with E-state index in [-0.39, 0.29) is 9.92 Å². The number of aryl methyl sites for hydroxylation is 2. The predicted molar refractivity (Wildman–Crippen MR) is 82.9 cm³/mol. The van der Waals surface area contributed by atoms with Crippen molar-refractivity contribution in [2.75, 3.05) is 0 Å². The lowest BCUT2D eigenvalue weighted by Gasteiger charge is -1.99. The normalized spacial score (nSPS) is 11.5. The molecule has 4 rings (SSSR count). The SMILES string of the molecule is O=c1[nH]n2c(CCc3nnc4sc(=O)c(=O)[nH]n34)nnc2sc1=O. The van der Waals surface area contributed by atoms with E-state index in [0.717, 1.165) is 0 Å². The minimum Gasteiger partial charge on any atom is -0.271 e. The first-order chi connectivity index (χ1) is 11.5. The standard InChI is InChI=1S/C10H6N8O4S2/c19-5-7(21)23-9-13-11-3(17(9)15-5)1-2-4-12-14-10-18(4)16-6(20)8(22)24-10/h1-2H2,(H,15,19)(H,16,20). The molecule has 122 valence electrons. The highest BCUT2D eigenvalue weighted by atomic mass is 32.1. The molecule has 4 aromatic heterocycles. The minimum atomic E-state index is -0.754. The lowest BCUT2D eigenvalue weighted by atomic mass is 10.3. The van der Waals surface area contributed by atoms with Gasteiger partial charge < -0.3 is 0 Å². The second-order valence-corrected chi connectivity index (χ2v) is 6.51. The van der Waals surface area contributed by atoms with Crippen molar-refractivity contribution in [3.8, 4) is 0 Å². The van der Waals surface area contributed by atoms with E-state index in [1.54, 1.807) is 0 Å². The second-order valence-electron chi connectivity index (χ2n) is 4.63. The first-order valence-corrected chi connectivity index (χ1v) is 8.11. The summed E-state index contributed by atoms with van der Waals surface area (Å²) in [6.07, 6.45) is 0.628. The van der Waals surface area contributed by atoms with Gasteiger partial charge in [-0.05, 0) is 22.7 Å². The van der Waals surface area contributed by atoms with Gasteiger partial charge in [-0.3, -0.25) is 29.4 Å². The lowest BCUT2D eigenvalue weighted by molar-refractivity contribution is 0.724. The molecule has 0 aliphatic rings. The smallest absolute Gasteiger partial charge is 0.271 e. The number of hydrogen-bond donors (Lipinski definition) is 2. The number of aromatic amines is 2. The molecule has 0 aromatic carbocycles. The van der Waals surface area contributed by atoms with Crippen molar-refractivity contribution in [1.82, 2.24) is 39.6 Å². The highest BCUT2D eigenvalue weighted by Gasteiger charge is 2.13. The summed E-state index contributed by atoms with van der Waals surface area (Å²) in [6.45, 7) is 0. The molecule has 0 aliphatic carbocycles. The van der Waals surface area contributed by atoms with Gasteiger partial charge in [-0.15, -0.1) is 20.4 Å². The van der Waals surface area contributed by atoms with Crippen LogP contribution in [0.15, 0.2) is 19.2 Å². The van der Waals surface area contributed by atoms with Gasteiger partial charge in [0.05, 0.1) is 0 Å². The van der Waals surface area contributed by atoms with Gasteiger partial charge in [0.1, 0.15) is 0 Å². The summed E-state index contributed by atoms with van der Waals surface area (Å²) >= 11 is 1.39. The molecule has 4 aromatic rings. The van der Waals surface area contributed by atoms with Crippen molar-refractivity contribution in [2.24, 2.45) is 0 Å². The summed E-state index contributed by atoms with van der Waals surface area (Å²) in [6, 6.07) is 0. The van der Waals surface area contributed by atoms with Crippen LogP contribution in [0, 0.1) is 0 Å². The van der Waals surface area contributed by atoms with Crippen LogP contribution in [0.1, 0.15) is 11.6 Å². The number of rotatable bonds is 3. The molecule has 0 atom stereocenters. The molecular formula is C10H6N8O4S2. The summed E-state index contributed by atoms with van der Waals surface area (Å²) in [5, 5.41) is 20.3. The number of aromatic nitrogens is 8. The Morgan fingerprint density at radius 1 is 0.708 bits per heavy atom. The van der Waals surface area contributed by atoms with Gasteiger partial charge in [0, 0.05) is 12.8 Å². The highest BCUT2D eigenvalue weighted by molar-refractivity contribution is 7.14. The Hall–Kier alpha value is -3.00. The fourth-order valence-electron chi connectivity index (χ4n) is 2.06. The van der Waals surface area contributed by atoms with Gasteiger partial charge in [0.15, 0.2) is 11.6 Å². The average molecular weight is 366 g/mol. The Bertz CT molecular complexity index is 1200. The average Bonchev–Trinajstić information content (AvgIpc) is 3.11. The summed E-state index contributed by atoms with van der Waals surface area (Å²) in [7, 11) is 0. The van der Waals surface area contributed by atoms with E-state index in [1.807, 2.05) is 0 Å². The van der Waals surface area contributed by atoms with E-state index >= 15 is 0 Å². The van der Waals surface area contributed by atoms with Crippen molar-refractivity contribution < 1.29 is 0 Å². The number of hydrogen-bond acceptors (Lipinski definition) is 10. The maximum atomic E-state index is 11.4. The van der Waals surface area contributed by atoms with Crippen molar-refractivity contribution in [3.63, 3.8) is 0 Å². The Labute approximate surface area is 137 Å². The zero-order chi connectivity index (χ0) is 16.8. The van der Waals surface area contributed by atoms with Crippen LogP contribution in [-0.2, 0) is 12.8 Å². The fraction of sp³-hybridized carbons (Fsp3) is 0.200. The highest BCUT2D eigenvalue weighted by Crippen LogP contribution is 2.07. The van der Waals surface area contributed by atoms with E-state index in [0.29, 0.717) is 47.2 Å². The van der Waals surface area contributed by atoms with Crippen LogP contribution in [0.25, 0.3) is 9.92 Å². The van der Waals surface area contributed by atoms with Crippen LogP contribution in [0.5, 0.6) is 0 Å². The van der Waals surface area contributed by atoms with Crippen LogP contribution in [-0.4, -0.2) is 39.6 Å².